The third-order valence-electron chi connectivity index (χ3n) is 2.36. The lowest BCUT2D eigenvalue weighted by Crippen LogP contribution is -2.04. The molecule has 0 fully saturated rings. The normalized spacial score (nSPS) is 10.1. The van der Waals surface area contributed by atoms with Crippen molar-refractivity contribution in [1.29, 1.82) is 0 Å². The summed E-state index contributed by atoms with van der Waals surface area (Å²) in [5.41, 5.74) is 0.407. The maximum Gasteiger partial charge on any atom is 0.164 e. The van der Waals surface area contributed by atoms with Gasteiger partial charge in [-0.15, -0.1) is 0 Å². The van der Waals surface area contributed by atoms with Crippen molar-refractivity contribution in [1.82, 2.24) is 0 Å². The molecule has 0 aliphatic heterocycles. The van der Waals surface area contributed by atoms with E-state index in [2.05, 4.69) is 0 Å². The van der Waals surface area contributed by atoms with E-state index in [0.29, 0.717) is 55.3 Å². The Bertz CT molecular complexity index is 403. The second-order valence-electron chi connectivity index (χ2n) is 3.75. The van der Waals surface area contributed by atoms with Crippen LogP contribution >= 0.6 is 0 Å². The maximum atomic E-state index is 11.1. The van der Waals surface area contributed by atoms with Crippen molar-refractivity contribution in [3.8, 4) is 17.2 Å². The lowest BCUT2D eigenvalue weighted by molar-refractivity contribution is 0.111. The molecule has 0 spiro atoms. The molecule has 0 atom stereocenters. The Labute approximate surface area is 113 Å². The molecule has 19 heavy (non-hydrogen) atoms. The molecule has 1 aromatic carbocycles. The average Bonchev–Trinajstić information content (AvgIpc) is 2.42. The predicted molar refractivity (Wildman–Crippen MR) is 71.4 cm³/mol. The van der Waals surface area contributed by atoms with Crippen LogP contribution in [0.3, 0.4) is 0 Å². The maximum absolute atomic E-state index is 11.1. The Morgan fingerprint density at radius 2 is 1.68 bits per heavy atom. The van der Waals surface area contributed by atoms with Crippen LogP contribution in [0.5, 0.6) is 17.2 Å². The van der Waals surface area contributed by atoms with Crippen molar-refractivity contribution in [2.45, 2.75) is 20.3 Å². The van der Waals surface area contributed by atoms with Crippen molar-refractivity contribution in [3.63, 3.8) is 0 Å². The Morgan fingerprint density at radius 3 is 2.21 bits per heavy atom. The summed E-state index contributed by atoms with van der Waals surface area (Å²) in [6, 6.07) is 3.26. The van der Waals surface area contributed by atoms with E-state index in [1.54, 1.807) is 12.1 Å². The zero-order valence-corrected chi connectivity index (χ0v) is 11.3. The highest BCUT2D eigenvalue weighted by atomic mass is 16.5. The fourth-order valence-corrected chi connectivity index (χ4v) is 1.56. The van der Waals surface area contributed by atoms with Gasteiger partial charge in [0.15, 0.2) is 17.8 Å². The lowest BCUT2D eigenvalue weighted by atomic mass is 10.2. The minimum Gasteiger partial charge on any atom is -0.493 e. The minimum atomic E-state index is 0.0474. The molecule has 1 aromatic rings. The van der Waals surface area contributed by atoms with Gasteiger partial charge in [-0.05, 0) is 19.9 Å². The first kappa shape index (κ1) is 15.3. The van der Waals surface area contributed by atoms with Crippen LogP contribution in [0.2, 0.25) is 0 Å². The zero-order valence-electron chi connectivity index (χ0n) is 11.3. The molecule has 0 unspecified atom stereocenters. The summed E-state index contributed by atoms with van der Waals surface area (Å²) in [5, 5.41) is 8.73. The van der Waals surface area contributed by atoms with Crippen LogP contribution < -0.4 is 14.2 Å². The summed E-state index contributed by atoms with van der Waals surface area (Å²) in [4.78, 5) is 11.1. The molecule has 0 aliphatic rings. The summed E-state index contributed by atoms with van der Waals surface area (Å²) in [7, 11) is 0. The Hall–Kier alpha value is -1.75. The van der Waals surface area contributed by atoms with E-state index in [1.165, 1.54) is 0 Å². The highest BCUT2D eigenvalue weighted by molar-refractivity contribution is 5.81. The van der Waals surface area contributed by atoms with Crippen LogP contribution in [0.1, 0.15) is 30.6 Å². The molecule has 0 heterocycles. The van der Waals surface area contributed by atoms with Gasteiger partial charge >= 0.3 is 0 Å². The SMILES string of the molecule is CCOc1cc(C=O)c(OCCCO)cc1OCC. The molecule has 0 radical (unpaired) electrons. The zero-order chi connectivity index (χ0) is 14.1. The number of ether oxygens (including phenoxy) is 3. The van der Waals surface area contributed by atoms with Crippen molar-refractivity contribution in [3.05, 3.63) is 17.7 Å². The number of benzene rings is 1. The van der Waals surface area contributed by atoms with E-state index >= 15 is 0 Å². The molecule has 0 bridgehead atoms. The summed E-state index contributed by atoms with van der Waals surface area (Å²) in [5.74, 6) is 1.52. The highest BCUT2D eigenvalue weighted by Crippen LogP contribution is 2.34. The van der Waals surface area contributed by atoms with Gasteiger partial charge in [-0.25, -0.2) is 0 Å². The standard InChI is InChI=1S/C14H20O5/c1-3-17-13-8-11(10-16)12(19-7-5-6-15)9-14(13)18-4-2/h8-10,15H,3-7H2,1-2H3. The molecule has 0 saturated heterocycles. The third-order valence-corrected chi connectivity index (χ3v) is 2.36. The summed E-state index contributed by atoms with van der Waals surface area (Å²) >= 11 is 0. The number of hydrogen-bond donors (Lipinski definition) is 1. The van der Waals surface area contributed by atoms with Gasteiger partial charge in [0.1, 0.15) is 5.75 Å². The molecule has 0 aromatic heterocycles. The fraction of sp³-hybridized carbons (Fsp3) is 0.500. The van der Waals surface area contributed by atoms with Crippen molar-refractivity contribution >= 4 is 6.29 Å². The lowest BCUT2D eigenvalue weighted by Gasteiger charge is -2.14. The highest BCUT2D eigenvalue weighted by Gasteiger charge is 2.12. The van der Waals surface area contributed by atoms with Gasteiger partial charge in [0, 0.05) is 19.1 Å². The summed E-state index contributed by atoms with van der Waals surface area (Å²) in [6.07, 6.45) is 1.22. The van der Waals surface area contributed by atoms with Crippen molar-refractivity contribution in [2.24, 2.45) is 0 Å². The van der Waals surface area contributed by atoms with Gasteiger partial charge in [0.2, 0.25) is 0 Å². The molecule has 0 aliphatic carbocycles. The third kappa shape index (κ3) is 4.44. The van der Waals surface area contributed by atoms with E-state index in [0.717, 1.165) is 0 Å². The van der Waals surface area contributed by atoms with Gasteiger partial charge < -0.3 is 19.3 Å². The minimum absolute atomic E-state index is 0.0474. The van der Waals surface area contributed by atoms with Gasteiger partial charge in [-0.3, -0.25) is 4.79 Å². The van der Waals surface area contributed by atoms with Gasteiger partial charge in [-0.1, -0.05) is 0 Å². The van der Waals surface area contributed by atoms with Crippen LogP contribution in [0.15, 0.2) is 12.1 Å². The van der Waals surface area contributed by atoms with Crippen molar-refractivity contribution in [2.75, 3.05) is 26.4 Å². The van der Waals surface area contributed by atoms with E-state index in [4.69, 9.17) is 19.3 Å². The van der Waals surface area contributed by atoms with Gasteiger partial charge in [0.05, 0.1) is 25.4 Å². The van der Waals surface area contributed by atoms with Crippen LogP contribution in [-0.2, 0) is 0 Å². The Balaban J connectivity index is 3.00. The number of aliphatic hydroxyl groups excluding tert-OH is 1. The van der Waals surface area contributed by atoms with E-state index < -0.39 is 0 Å². The summed E-state index contributed by atoms with van der Waals surface area (Å²) < 4.78 is 16.4. The molecular weight excluding hydrogens is 248 g/mol. The number of rotatable bonds is 9. The molecule has 0 amide bonds. The number of carbonyl (C=O) groups excluding carboxylic acids is 1. The predicted octanol–water partition coefficient (Wildman–Crippen LogP) is 2.06. The molecule has 1 rings (SSSR count). The van der Waals surface area contributed by atoms with E-state index in [1.807, 2.05) is 13.8 Å². The topological polar surface area (TPSA) is 65.0 Å². The van der Waals surface area contributed by atoms with Crippen molar-refractivity contribution < 1.29 is 24.1 Å². The average molecular weight is 268 g/mol. The molecule has 1 N–H and O–H groups in total. The smallest absolute Gasteiger partial charge is 0.164 e. The number of carbonyl (C=O) groups is 1. The Kier molecular flexibility index (Phi) is 6.74. The van der Waals surface area contributed by atoms with Gasteiger partial charge in [-0.2, -0.15) is 0 Å². The molecule has 0 saturated carbocycles. The Morgan fingerprint density at radius 1 is 1.05 bits per heavy atom. The largest absolute Gasteiger partial charge is 0.493 e. The van der Waals surface area contributed by atoms with E-state index in [-0.39, 0.29) is 6.61 Å². The number of hydrogen-bond acceptors (Lipinski definition) is 5. The van der Waals surface area contributed by atoms with E-state index in [9.17, 15) is 4.79 Å². The summed E-state index contributed by atoms with van der Waals surface area (Å²) in [6.45, 7) is 5.11. The quantitative estimate of drug-likeness (QED) is 0.548. The monoisotopic (exact) mass is 268 g/mol. The fourth-order valence-electron chi connectivity index (χ4n) is 1.56. The van der Waals surface area contributed by atoms with Crippen LogP contribution in [0.25, 0.3) is 0 Å². The molecular formula is C14H20O5. The van der Waals surface area contributed by atoms with Gasteiger partial charge in [0.25, 0.3) is 0 Å². The molecule has 106 valence electrons. The van der Waals surface area contributed by atoms with Crippen LogP contribution in [-0.4, -0.2) is 37.8 Å². The van der Waals surface area contributed by atoms with Crippen LogP contribution in [0, 0.1) is 0 Å². The molecule has 5 nitrogen and oxygen atoms in total. The first-order chi connectivity index (χ1) is 9.26. The number of aldehydes is 1. The molecule has 5 heteroatoms. The first-order valence-corrected chi connectivity index (χ1v) is 6.39. The second kappa shape index (κ2) is 8.37. The van der Waals surface area contributed by atoms with Crippen LogP contribution in [0.4, 0.5) is 0 Å². The first-order valence-electron chi connectivity index (χ1n) is 6.39. The second-order valence-corrected chi connectivity index (χ2v) is 3.75. The number of aliphatic hydroxyl groups is 1.